The molecule has 1 fully saturated rings. The molecule has 0 saturated carbocycles. The van der Waals surface area contributed by atoms with Gasteiger partial charge in [0.05, 0.1) is 0 Å². The third-order valence-corrected chi connectivity index (χ3v) is 5.14. The minimum atomic E-state index is -1.30. The summed E-state index contributed by atoms with van der Waals surface area (Å²) in [5, 5.41) is 11.6. The van der Waals surface area contributed by atoms with Crippen LogP contribution < -0.4 is 5.32 Å². The van der Waals surface area contributed by atoms with Crippen molar-refractivity contribution in [3.05, 3.63) is 59.4 Å². The summed E-state index contributed by atoms with van der Waals surface area (Å²) >= 11 is 0. The number of likely N-dealkylation sites (tertiary alicyclic amines) is 1. The number of fused-ring (bicyclic) bond motifs is 3. The lowest BCUT2D eigenvalue weighted by molar-refractivity contribution is 0.0226. The maximum atomic E-state index is 14.1. The molecule has 2 aliphatic heterocycles. The lowest BCUT2D eigenvalue weighted by Crippen LogP contribution is -2.47. The number of azo groups is 1. The number of nitrogens with zero attached hydrogens (tertiary/aromatic N) is 3. The second-order valence-electron chi connectivity index (χ2n) is 8.36. The molecule has 0 bridgehead atoms. The highest BCUT2D eigenvalue weighted by molar-refractivity contribution is 5.73. The van der Waals surface area contributed by atoms with Crippen LogP contribution in [0.3, 0.4) is 0 Å². The third-order valence-electron chi connectivity index (χ3n) is 5.14. The highest BCUT2D eigenvalue weighted by atomic mass is 19.2. The van der Waals surface area contributed by atoms with Crippen molar-refractivity contribution >= 4 is 17.5 Å². The van der Waals surface area contributed by atoms with Gasteiger partial charge in [0.1, 0.15) is 23.0 Å². The van der Waals surface area contributed by atoms with E-state index in [1.54, 1.807) is 20.8 Å². The summed E-state index contributed by atoms with van der Waals surface area (Å²) in [6.07, 6.45) is -0.721. The van der Waals surface area contributed by atoms with Crippen molar-refractivity contribution in [1.82, 2.24) is 4.90 Å². The van der Waals surface area contributed by atoms with Crippen molar-refractivity contribution in [2.24, 2.45) is 10.2 Å². The number of halogens is 3. The van der Waals surface area contributed by atoms with Crippen LogP contribution in [0.2, 0.25) is 0 Å². The van der Waals surface area contributed by atoms with Crippen LogP contribution in [-0.4, -0.2) is 29.3 Å². The maximum Gasteiger partial charge on any atom is 0.412 e. The number of ether oxygens (including phenoxy) is 1. The molecule has 2 atom stereocenters. The van der Waals surface area contributed by atoms with Gasteiger partial charge < -0.3 is 10.1 Å². The molecule has 0 radical (unpaired) electrons. The maximum absolute atomic E-state index is 14.1. The van der Waals surface area contributed by atoms with E-state index >= 15 is 0 Å². The standard InChI is InChI=1S/C21H21F3N4O2/c1-20(2,3)30-19(29)28-9-8-21(12-6-4-5-7-16(12)25-18(21)28)27-26-17-11-14(23)13(22)10-15(17)24/h4-7,10-11,18,25H,8-9H2,1-3H3/t18-,21+/m0/s1. The van der Waals surface area contributed by atoms with Gasteiger partial charge in [-0.05, 0) is 26.8 Å². The van der Waals surface area contributed by atoms with E-state index in [2.05, 4.69) is 15.5 Å². The smallest absolute Gasteiger partial charge is 0.412 e. The van der Waals surface area contributed by atoms with Gasteiger partial charge in [-0.1, -0.05) is 18.2 Å². The first kappa shape index (κ1) is 20.2. The molecule has 4 rings (SSSR count). The summed E-state index contributed by atoms with van der Waals surface area (Å²) in [7, 11) is 0. The molecule has 2 aromatic carbocycles. The number of amides is 1. The number of benzene rings is 2. The van der Waals surface area contributed by atoms with Gasteiger partial charge in [-0.2, -0.15) is 10.2 Å². The van der Waals surface area contributed by atoms with E-state index in [1.165, 1.54) is 4.90 Å². The number of nitrogens with one attached hydrogen (secondary N) is 1. The zero-order valence-corrected chi connectivity index (χ0v) is 16.7. The minimum absolute atomic E-state index is 0.334. The molecule has 0 aromatic heterocycles. The van der Waals surface area contributed by atoms with Gasteiger partial charge in [0, 0.05) is 36.3 Å². The first-order valence-corrected chi connectivity index (χ1v) is 9.54. The number of carbonyl (C=O) groups excluding carboxylic acids is 1. The fourth-order valence-electron chi connectivity index (χ4n) is 3.84. The largest absolute Gasteiger partial charge is 0.444 e. The van der Waals surface area contributed by atoms with Crippen LogP contribution >= 0.6 is 0 Å². The van der Waals surface area contributed by atoms with Gasteiger partial charge in [0.2, 0.25) is 0 Å². The van der Waals surface area contributed by atoms with Gasteiger partial charge in [0.25, 0.3) is 0 Å². The molecule has 0 unspecified atom stereocenters. The molecular weight excluding hydrogens is 397 g/mol. The summed E-state index contributed by atoms with van der Waals surface area (Å²) in [5.74, 6) is -3.54. The second kappa shape index (κ2) is 7.00. The summed E-state index contributed by atoms with van der Waals surface area (Å²) in [5.41, 5.74) is -0.551. The van der Waals surface area contributed by atoms with Crippen molar-refractivity contribution in [3.8, 4) is 0 Å². The summed E-state index contributed by atoms with van der Waals surface area (Å²) in [4.78, 5) is 14.3. The average Bonchev–Trinajstić information content (AvgIpc) is 3.16. The Hall–Kier alpha value is -3.10. The topological polar surface area (TPSA) is 66.3 Å². The van der Waals surface area contributed by atoms with Crippen molar-refractivity contribution in [2.75, 3.05) is 11.9 Å². The molecule has 1 saturated heterocycles. The van der Waals surface area contributed by atoms with Gasteiger partial charge in [0.15, 0.2) is 17.5 Å². The first-order valence-electron chi connectivity index (χ1n) is 9.54. The van der Waals surface area contributed by atoms with Crippen LogP contribution in [-0.2, 0) is 10.3 Å². The Labute approximate surface area is 171 Å². The molecule has 2 aromatic rings. The van der Waals surface area contributed by atoms with Crippen LogP contribution in [0.15, 0.2) is 46.6 Å². The Bertz CT molecular complexity index is 1040. The third kappa shape index (κ3) is 3.38. The van der Waals surface area contributed by atoms with Crippen molar-refractivity contribution in [2.45, 2.75) is 44.5 Å². The van der Waals surface area contributed by atoms with E-state index in [0.29, 0.717) is 25.1 Å². The van der Waals surface area contributed by atoms with E-state index in [0.717, 1.165) is 11.3 Å². The lowest BCUT2D eigenvalue weighted by atomic mass is 9.90. The monoisotopic (exact) mass is 418 g/mol. The van der Waals surface area contributed by atoms with E-state index in [-0.39, 0.29) is 0 Å². The molecule has 0 aliphatic carbocycles. The predicted octanol–water partition coefficient (Wildman–Crippen LogP) is 5.48. The van der Waals surface area contributed by atoms with E-state index < -0.39 is 46.5 Å². The molecule has 0 spiro atoms. The Balaban J connectivity index is 1.73. The average molecular weight is 418 g/mol. The van der Waals surface area contributed by atoms with Crippen LogP contribution in [0, 0.1) is 17.5 Å². The van der Waals surface area contributed by atoms with Gasteiger partial charge in [-0.15, -0.1) is 0 Å². The molecule has 2 aliphatic rings. The van der Waals surface area contributed by atoms with Crippen LogP contribution in [0.1, 0.15) is 32.8 Å². The molecular formula is C21H21F3N4O2. The predicted molar refractivity (Wildman–Crippen MR) is 104 cm³/mol. The van der Waals surface area contributed by atoms with E-state index in [9.17, 15) is 18.0 Å². The van der Waals surface area contributed by atoms with Crippen LogP contribution in [0.25, 0.3) is 0 Å². The van der Waals surface area contributed by atoms with Gasteiger partial charge in [-0.25, -0.2) is 18.0 Å². The number of hydrogen-bond donors (Lipinski definition) is 1. The Morgan fingerprint density at radius 1 is 1.17 bits per heavy atom. The number of para-hydroxylation sites is 1. The molecule has 6 nitrogen and oxygen atoms in total. The fourth-order valence-corrected chi connectivity index (χ4v) is 3.84. The number of anilines is 1. The highest BCUT2D eigenvalue weighted by Gasteiger charge is 2.57. The number of rotatable bonds is 2. The summed E-state index contributed by atoms with van der Waals surface area (Å²) in [6, 6.07) is 8.45. The van der Waals surface area contributed by atoms with Crippen LogP contribution in [0.4, 0.5) is 29.3 Å². The Morgan fingerprint density at radius 2 is 1.87 bits per heavy atom. The van der Waals surface area contributed by atoms with Gasteiger partial charge >= 0.3 is 6.09 Å². The summed E-state index contributed by atoms with van der Waals surface area (Å²) < 4.78 is 46.4. The molecule has 1 amide bonds. The molecule has 2 heterocycles. The molecule has 30 heavy (non-hydrogen) atoms. The summed E-state index contributed by atoms with van der Waals surface area (Å²) in [6.45, 7) is 5.66. The van der Waals surface area contributed by atoms with Gasteiger partial charge in [-0.3, -0.25) is 4.90 Å². The quantitative estimate of drug-likeness (QED) is 0.519. The molecule has 158 valence electrons. The Kier molecular flexibility index (Phi) is 4.71. The Morgan fingerprint density at radius 3 is 2.60 bits per heavy atom. The highest BCUT2D eigenvalue weighted by Crippen LogP contribution is 2.50. The van der Waals surface area contributed by atoms with Crippen molar-refractivity contribution in [3.63, 3.8) is 0 Å². The SMILES string of the molecule is CC(C)(C)OC(=O)N1CC[C@@]2(N=Nc3cc(F)c(F)cc3F)c3ccccc3N[C@@H]12. The van der Waals surface area contributed by atoms with Crippen LogP contribution in [0.5, 0.6) is 0 Å². The zero-order chi connectivity index (χ0) is 21.7. The lowest BCUT2D eigenvalue weighted by Gasteiger charge is -2.30. The molecule has 9 heteroatoms. The van der Waals surface area contributed by atoms with E-state index in [1.807, 2.05) is 24.3 Å². The number of carbonyl (C=O) groups is 1. The fraction of sp³-hybridized carbons (Fsp3) is 0.381. The first-order chi connectivity index (χ1) is 14.1. The molecule has 1 N–H and O–H groups in total. The van der Waals surface area contributed by atoms with Crippen molar-refractivity contribution < 1.29 is 22.7 Å². The normalized spacial score (nSPS) is 22.7. The zero-order valence-electron chi connectivity index (χ0n) is 16.7. The second-order valence-corrected chi connectivity index (χ2v) is 8.36. The number of hydrogen-bond acceptors (Lipinski definition) is 5. The van der Waals surface area contributed by atoms with Crippen molar-refractivity contribution in [1.29, 1.82) is 0 Å². The van der Waals surface area contributed by atoms with E-state index in [4.69, 9.17) is 4.74 Å². The minimum Gasteiger partial charge on any atom is -0.444 e.